The van der Waals surface area contributed by atoms with E-state index in [1.807, 2.05) is 19.0 Å². The third-order valence-electron chi connectivity index (χ3n) is 5.84. The summed E-state index contributed by atoms with van der Waals surface area (Å²) in [6.07, 6.45) is 1.48. The Kier molecular flexibility index (Phi) is 7.16. The van der Waals surface area contributed by atoms with Crippen LogP contribution in [0.5, 0.6) is 5.75 Å². The summed E-state index contributed by atoms with van der Waals surface area (Å²) in [5.74, 6) is -1.12. The van der Waals surface area contributed by atoms with E-state index < -0.39 is 16.6 Å². The summed E-state index contributed by atoms with van der Waals surface area (Å²) in [5, 5.41) is 14.9. The van der Waals surface area contributed by atoms with Gasteiger partial charge < -0.3 is 24.4 Å². The number of imidazole rings is 1. The highest BCUT2D eigenvalue weighted by Crippen LogP contribution is 2.39. The molecule has 0 spiro atoms. The number of aryl methyl sites for hydroxylation is 1. The SMILES string of the molecule is COc1cc(N(C)CCN(C)C)c([N+](=O)[O-])cc1Nc1nccc(-c2nc3cc(F)c(F)cc3n2C)n1. The summed E-state index contributed by atoms with van der Waals surface area (Å²) < 4.78 is 34.5. The fourth-order valence-corrected chi connectivity index (χ4v) is 3.83. The van der Waals surface area contributed by atoms with Gasteiger partial charge in [0.15, 0.2) is 17.5 Å². The molecule has 0 radical (unpaired) electrons. The van der Waals surface area contributed by atoms with E-state index in [2.05, 4.69) is 20.3 Å². The number of hydrogen-bond acceptors (Lipinski definition) is 9. The molecular weight excluding hydrogens is 486 g/mol. The third-order valence-corrected chi connectivity index (χ3v) is 5.84. The average molecular weight is 513 g/mol. The lowest BCUT2D eigenvalue weighted by Gasteiger charge is -2.22. The first-order valence-corrected chi connectivity index (χ1v) is 11.2. The molecule has 2 heterocycles. The Bertz CT molecular complexity index is 1470. The molecule has 2 aromatic heterocycles. The van der Waals surface area contributed by atoms with Gasteiger partial charge in [0.25, 0.3) is 5.69 Å². The maximum absolute atomic E-state index is 13.7. The van der Waals surface area contributed by atoms with Gasteiger partial charge in [-0.15, -0.1) is 0 Å². The largest absolute Gasteiger partial charge is 0.494 e. The van der Waals surface area contributed by atoms with E-state index >= 15 is 0 Å². The van der Waals surface area contributed by atoms with Crippen molar-refractivity contribution < 1.29 is 18.4 Å². The smallest absolute Gasteiger partial charge is 0.294 e. The molecule has 194 valence electrons. The van der Waals surface area contributed by atoms with Crippen molar-refractivity contribution in [3.8, 4) is 17.3 Å². The predicted octanol–water partition coefficient (Wildman–Crippen LogP) is 3.97. The van der Waals surface area contributed by atoms with E-state index in [-0.39, 0.29) is 17.2 Å². The number of rotatable bonds is 9. The van der Waals surface area contributed by atoms with Crippen molar-refractivity contribution >= 4 is 34.0 Å². The Labute approximate surface area is 211 Å². The molecule has 0 fully saturated rings. The second kappa shape index (κ2) is 10.3. The molecule has 1 N–H and O–H groups in total. The zero-order chi connectivity index (χ0) is 26.9. The van der Waals surface area contributed by atoms with Crippen molar-refractivity contribution in [2.45, 2.75) is 0 Å². The molecule has 0 aliphatic carbocycles. The highest BCUT2D eigenvalue weighted by molar-refractivity contribution is 5.80. The van der Waals surface area contributed by atoms with Gasteiger partial charge in [0, 0.05) is 57.6 Å². The molecular formula is C24H26F2N8O3. The van der Waals surface area contributed by atoms with Crippen LogP contribution >= 0.6 is 0 Å². The number of benzene rings is 2. The number of nitrogens with one attached hydrogen (secondary N) is 1. The lowest BCUT2D eigenvalue weighted by atomic mass is 10.2. The molecule has 0 amide bonds. The molecule has 0 aliphatic heterocycles. The van der Waals surface area contributed by atoms with Gasteiger partial charge in [-0.2, -0.15) is 0 Å². The van der Waals surface area contributed by atoms with Crippen molar-refractivity contribution in [2.24, 2.45) is 7.05 Å². The number of methoxy groups -OCH3 is 1. The number of halogens is 2. The van der Waals surface area contributed by atoms with Crippen LogP contribution in [0.4, 0.5) is 31.8 Å². The van der Waals surface area contributed by atoms with Crippen molar-refractivity contribution in [1.82, 2.24) is 24.4 Å². The minimum Gasteiger partial charge on any atom is -0.494 e. The summed E-state index contributed by atoms with van der Waals surface area (Å²) in [6, 6.07) is 6.66. The monoisotopic (exact) mass is 512 g/mol. The molecule has 0 atom stereocenters. The van der Waals surface area contributed by atoms with E-state index in [1.54, 1.807) is 35.7 Å². The first-order chi connectivity index (χ1) is 17.6. The molecule has 0 bridgehead atoms. The summed E-state index contributed by atoms with van der Waals surface area (Å²) in [6.45, 7) is 1.28. The number of aromatic nitrogens is 4. The summed E-state index contributed by atoms with van der Waals surface area (Å²) >= 11 is 0. The summed E-state index contributed by atoms with van der Waals surface area (Å²) in [7, 11) is 8.75. The van der Waals surface area contributed by atoms with E-state index in [0.717, 1.165) is 12.1 Å². The number of nitro groups is 1. The Morgan fingerprint density at radius 3 is 2.51 bits per heavy atom. The summed E-state index contributed by atoms with van der Waals surface area (Å²) in [5.41, 5.74) is 1.64. The van der Waals surface area contributed by atoms with Crippen LogP contribution in [0.25, 0.3) is 22.6 Å². The Morgan fingerprint density at radius 2 is 1.84 bits per heavy atom. The second-order valence-electron chi connectivity index (χ2n) is 8.66. The number of anilines is 3. The quantitative estimate of drug-likeness (QED) is 0.263. The fraction of sp³-hybridized carbons (Fsp3) is 0.292. The van der Waals surface area contributed by atoms with Crippen molar-refractivity contribution in [3.05, 3.63) is 58.3 Å². The average Bonchev–Trinajstić information content (AvgIpc) is 3.17. The first kappa shape index (κ1) is 25.7. The maximum atomic E-state index is 13.7. The molecule has 0 aliphatic rings. The van der Waals surface area contributed by atoms with Crippen LogP contribution in [-0.2, 0) is 7.05 Å². The van der Waals surface area contributed by atoms with Crippen LogP contribution in [0.15, 0.2) is 36.5 Å². The van der Waals surface area contributed by atoms with Gasteiger partial charge in [-0.25, -0.2) is 23.7 Å². The minimum atomic E-state index is -0.994. The lowest BCUT2D eigenvalue weighted by Crippen LogP contribution is -2.28. The molecule has 13 heteroatoms. The normalized spacial score (nSPS) is 11.2. The molecule has 37 heavy (non-hydrogen) atoms. The van der Waals surface area contributed by atoms with E-state index in [4.69, 9.17) is 4.74 Å². The number of fused-ring (bicyclic) bond motifs is 1. The van der Waals surface area contributed by atoms with Crippen LogP contribution in [0.3, 0.4) is 0 Å². The lowest BCUT2D eigenvalue weighted by molar-refractivity contribution is -0.384. The number of likely N-dealkylation sites (N-methyl/N-ethyl adjacent to an activating group) is 2. The zero-order valence-electron chi connectivity index (χ0n) is 21.0. The highest BCUT2D eigenvalue weighted by atomic mass is 19.2. The maximum Gasteiger partial charge on any atom is 0.294 e. The molecule has 4 rings (SSSR count). The van der Waals surface area contributed by atoms with Crippen molar-refractivity contribution in [3.63, 3.8) is 0 Å². The number of ether oxygens (including phenoxy) is 1. The van der Waals surface area contributed by atoms with Crippen LogP contribution in [0.1, 0.15) is 0 Å². The molecule has 11 nitrogen and oxygen atoms in total. The van der Waals surface area contributed by atoms with Gasteiger partial charge in [-0.3, -0.25) is 10.1 Å². The summed E-state index contributed by atoms with van der Waals surface area (Å²) in [4.78, 5) is 28.2. The molecule has 0 saturated carbocycles. The second-order valence-corrected chi connectivity index (χ2v) is 8.66. The topological polar surface area (TPSA) is 114 Å². The van der Waals surface area contributed by atoms with Gasteiger partial charge in [0.2, 0.25) is 5.95 Å². The molecule has 4 aromatic rings. The van der Waals surface area contributed by atoms with Crippen molar-refractivity contribution in [2.75, 3.05) is 51.6 Å². The van der Waals surface area contributed by atoms with Gasteiger partial charge >= 0.3 is 0 Å². The van der Waals surface area contributed by atoms with Gasteiger partial charge in [-0.05, 0) is 20.2 Å². The third kappa shape index (κ3) is 5.26. The van der Waals surface area contributed by atoms with E-state index in [1.165, 1.54) is 19.4 Å². The van der Waals surface area contributed by atoms with E-state index in [0.29, 0.717) is 47.2 Å². The minimum absolute atomic E-state index is 0.111. The van der Waals surface area contributed by atoms with Gasteiger partial charge in [0.05, 0.1) is 28.8 Å². The van der Waals surface area contributed by atoms with Gasteiger partial charge in [0.1, 0.15) is 17.1 Å². The number of hydrogen-bond donors (Lipinski definition) is 1. The standard InChI is InChI=1S/C24H26F2N8O3/c1-31(2)8-9-32(3)20-13-22(37-5)18(12-21(20)34(35)36)30-24-27-7-6-16(29-24)23-28-17-10-14(25)15(26)11-19(17)33(23)4/h6-7,10-13H,8-9H2,1-5H3,(H,27,29,30). The Morgan fingerprint density at radius 1 is 1.11 bits per heavy atom. The van der Waals surface area contributed by atoms with Crippen LogP contribution in [0, 0.1) is 21.7 Å². The number of nitrogens with zero attached hydrogens (tertiary/aromatic N) is 7. The van der Waals surface area contributed by atoms with Crippen molar-refractivity contribution in [1.29, 1.82) is 0 Å². The Balaban J connectivity index is 1.70. The molecule has 0 saturated heterocycles. The van der Waals surface area contributed by atoms with Crippen LogP contribution < -0.4 is 15.0 Å². The van der Waals surface area contributed by atoms with Gasteiger partial charge in [-0.1, -0.05) is 0 Å². The van der Waals surface area contributed by atoms with Crippen LogP contribution in [-0.4, -0.2) is 70.7 Å². The zero-order valence-corrected chi connectivity index (χ0v) is 21.0. The Hall–Kier alpha value is -4.39. The number of nitro benzene ring substituents is 1. The molecule has 0 unspecified atom stereocenters. The highest BCUT2D eigenvalue weighted by Gasteiger charge is 2.23. The predicted molar refractivity (Wildman–Crippen MR) is 136 cm³/mol. The van der Waals surface area contributed by atoms with E-state index in [9.17, 15) is 18.9 Å². The van der Waals surface area contributed by atoms with Crippen LogP contribution in [0.2, 0.25) is 0 Å². The fourth-order valence-electron chi connectivity index (χ4n) is 3.83. The first-order valence-electron chi connectivity index (χ1n) is 11.2. The molecule has 2 aromatic carbocycles.